The van der Waals surface area contributed by atoms with Crippen molar-refractivity contribution >= 4 is 17.5 Å². The zero-order chi connectivity index (χ0) is 20.4. The Balaban J connectivity index is 1.83. The summed E-state index contributed by atoms with van der Waals surface area (Å²) in [5.41, 5.74) is 3.63. The summed E-state index contributed by atoms with van der Waals surface area (Å²) >= 11 is 0. The van der Waals surface area contributed by atoms with Crippen LogP contribution in [0.1, 0.15) is 37.7 Å². The maximum Gasteiger partial charge on any atom is 0.255 e. The summed E-state index contributed by atoms with van der Waals surface area (Å²) in [6.45, 7) is 1.87. The number of dihydropyridines is 1. The van der Waals surface area contributed by atoms with E-state index >= 15 is 0 Å². The SMILES string of the molecule is COc1ccccc1[C@H]1C(C(=O)Nc2ccccn2)=C(C)NC2=C1C(=O)CCC2. The third-order valence-corrected chi connectivity index (χ3v) is 5.38. The number of allylic oxidation sites excluding steroid dienone is 3. The van der Waals surface area contributed by atoms with Gasteiger partial charge in [0, 0.05) is 40.7 Å². The highest BCUT2D eigenvalue weighted by Crippen LogP contribution is 2.45. The van der Waals surface area contributed by atoms with Gasteiger partial charge in [0.05, 0.1) is 13.0 Å². The third kappa shape index (κ3) is 3.53. The van der Waals surface area contributed by atoms with Crippen LogP contribution in [0.2, 0.25) is 0 Å². The molecule has 1 aromatic carbocycles. The zero-order valence-corrected chi connectivity index (χ0v) is 16.5. The molecule has 6 heteroatoms. The van der Waals surface area contributed by atoms with Gasteiger partial charge in [-0.2, -0.15) is 0 Å². The molecule has 2 N–H and O–H groups in total. The number of ketones is 1. The number of rotatable bonds is 4. The number of para-hydroxylation sites is 1. The molecule has 1 amide bonds. The van der Waals surface area contributed by atoms with Crippen molar-refractivity contribution in [1.29, 1.82) is 0 Å². The van der Waals surface area contributed by atoms with Crippen LogP contribution in [-0.4, -0.2) is 23.8 Å². The molecule has 0 radical (unpaired) electrons. The second kappa shape index (κ2) is 7.91. The molecule has 0 fully saturated rings. The molecule has 2 heterocycles. The van der Waals surface area contributed by atoms with Crippen LogP contribution in [0.5, 0.6) is 5.75 Å². The molecule has 0 bridgehead atoms. The van der Waals surface area contributed by atoms with E-state index in [4.69, 9.17) is 4.74 Å². The average molecular weight is 389 g/mol. The van der Waals surface area contributed by atoms with E-state index in [0.29, 0.717) is 29.1 Å². The average Bonchev–Trinajstić information content (AvgIpc) is 2.73. The van der Waals surface area contributed by atoms with Gasteiger partial charge in [-0.05, 0) is 38.0 Å². The number of carbonyl (C=O) groups excluding carboxylic acids is 2. The number of nitrogens with one attached hydrogen (secondary N) is 2. The Bertz CT molecular complexity index is 1020. The molecule has 1 aliphatic carbocycles. The highest BCUT2D eigenvalue weighted by Gasteiger charge is 2.39. The predicted molar refractivity (Wildman–Crippen MR) is 110 cm³/mol. The van der Waals surface area contributed by atoms with Gasteiger partial charge in [0.1, 0.15) is 11.6 Å². The lowest BCUT2D eigenvalue weighted by Gasteiger charge is -2.35. The van der Waals surface area contributed by atoms with E-state index in [2.05, 4.69) is 15.6 Å². The minimum atomic E-state index is -0.487. The van der Waals surface area contributed by atoms with E-state index in [-0.39, 0.29) is 11.7 Å². The number of hydrogen-bond acceptors (Lipinski definition) is 5. The van der Waals surface area contributed by atoms with Crippen LogP contribution in [0.15, 0.2) is 71.2 Å². The van der Waals surface area contributed by atoms with Crippen LogP contribution in [-0.2, 0) is 9.59 Å². The van der Waals surface area contributed by atoms with Crippen molar-refractivity contribution in [2.75, 3.05) is 12.4 Å². The lowest BCUT2D eigenvalue weighted by atomic mass is 9.74. The molecule has 1 aliphatic heterocycles. The number of Topliss-reactive ketones (excluding diaryl/α,β-unsaturated/α-hetero) is 1. The molecule has 6 nitrogen and oxygen atoms in total. The molecule has 1 atom stereocenters. The number of hydrogen-bond donors (Lipinski definition) is 2. The molecular weight excluding hydrogens is 366 g/mol. The summed E-state index contributed by atoms with van der Waals surface area (Å²) in [4.78, 5) is 30.4. The summed E-state index contributed by atoms with van der Waals surface area (Å²) in [6, 6.07) is 12.9. The topological polar surface area (TPSA) is 80.3 Å². The van der Waals surface area contributed by atoms with Crippen LogP contribution >= 0.6 is 0 Å². The maximum atomic E-state index is 13.3. The van der Waals surface area contributed by atoms with E-state index in [0.717, 1.165) is 29.8 Å². The van der Waals surface area contributed by atoms with Crippen molar-refractivity contribution in [3.8, 4) is 5.75 Å². The third-order valence-electron chi connectivity index (χ3n) is 5.38. The first-order chi connectivity index (χ1) is 14.1. The molecular formula is C23H23N3O3. The Morgan fingerprint density at radius 1 is 1.17 bits per heavy atom. The molecule has 29 heavy (non-hydrogen) atoms. The Morgan fingerprint density at radius 2 is 1.97 bits per heavy atom. The lowest BCUT2D eigenvalue weighted by molar-refractivity contribution is -0.116. The quantitative estimate of drug-likeness (QED) is 0.834. The van der Waals surface area contributed by atoms with Gasteiger partial charge < -0.3 is 15.4 Å². The van der Waals surface area contributed by atoms with E-state index < -0.39 is 5.92 Å². The number of amides is 1. The smallest absolute Gasteiger partial charge is 0.255 e. The fraction of sp³-hybridized carbons (Fsp3) is 0.261. The highest BCUT2D eigenvalue weighted by molar-refractivity contribution is 6.09. The molecule has 0 spiro atoms. The number of anilines is 1. The monoisotopic (exact) mass is 389 g/mol. The lowest BCUT2D eigenvalue weighted by Crippen LogP contribution is -2.35. The van der Waals surface area contributed by atoms with Gasteiger partial charge in [0.2, 0.25) is 0 Å². The largest absolute Gasteiger partial charge is 0.496 e. The molecule has 2 aromatic rings. The summed E-state index contributed by atoms with van der Waals surface area (Å²) in [5.74, 6) is 0.422. The number of benzene rings is 1. The number of aromatic nitrogens is 1. The van der Waals surface area contributed by atoms with Crippen molar-refractivity contribution in [3.05, 3.63) is 76.8 Å². The highest BCUT2D eigenvalue weighted by atomic mass is 16.5. The van der Waals surface area contributed by atoms with Crippen molar-refractivity contribution in [3.63, 3.8) is 0 Å². The number of carbonyl (C=O) groups is 2. The molecule has 0 unspecified atom stereocenters. The molecule has 0 saturated carbocycles. The number of methoxy groups -OCH3 is 1. The van der Waals surface area contributed by atoms with Crippen LogP contribution in [0, 0.1) is 0 Å². The fourth-order valence-corrected chi connectivity index (χ4v) is 4.12. The van der Waals surface area contributed by atoms with Gasteiger partial charge in [-0.25, -0.2) is 4.98 Å². The maximum absolute atomic E-state index is 13.3. The van der Waals surface area contributed by atoms with Crippen LogP contribution in [0.4, 0.5) is 5.82 Å². The second-order valence-electron chi connectivity index (χ2n) is 7.18. The van der Waals surface area contributed by atoms with Crippen molar-refractivity contribution < 1.29 is 14.3 Å². The van der Waals surface area contributed by atoms with Gasteiger partial charge in [0.15, 0.2) is 5.78 Å². The molecule has 148 valence electrons. The van der Waals surface area contributed by atoms with Crippen LogP contribution in [0.3, 0.4) is 0 Å². The first-order valence-corrected chi connectivity index (χ1v) is 9.69. The Morgan fingerprint density at radius 3 is 2.72 bits per heavy atom. The summed E-state index contributed by atoms with van der Waals surface area (Å²) in [7, 11) is 1.60. The van der Waals surface area contributed by atoms with E-state index in [1.165, 1.54) is 0 Å². The minimum Gasteiger partial charge on any atom is -0.496 e. The van der Waals surface area contributed by atoms with Gasteiger partial charge in [0.25, 0.3) is 5.91 Å². The number of ether oxygens (including phenoxy) is 1. The van der Waals surface area contributed by atoms with Crippen molar-refractivity contribution in [1.82, 2.24) is 10.3 Å². The van der Waals surface area contributed by atoms with Crippen molar-refractivity contribution in [2.45, 2.75) is 32.1 Å². The second-order valence-corrected chi connectivity index (χ2v) is 7.18. The van der Waals surface area contributed by atoms with Crippen LogP contribution in [0.25, 0.3) is 0 Å². The normalized spacial score (nSPS) is 18.8. The van der Waals surface area contributed by atoms with E-state index in [1.807, 2.05) is 37.3 Å². The van der Waals surface area contributed by atoms with Gasteiger partial charge in [-0.15, -0.1) is 0 Å². The summed E-state index contributed by atoms with van der Waals surface area (Å²) < 4.78 is 5.57. The summed E-state index contributed by atoms with van der Waals surface area (Å²) in [5, 5.41) is 6.19. The molecule has 1 aromatic heterocycles. The van der Waals surface area contributed by atoms with Crippen LogP contribution < -0.4 is 15.4 Å². The zero-order valence-electron chi connectivity index (χ0n) is 16.5. The van der Waals surface area contributed by atoms with Gasteiger partial charge in [-0.1, -0.05) is 24.3 Å². The Kier molecular flexibility index (Phi) is 5.16. The van der Waals surface area contributed by atoms with Crippen molar-refractivity contribution in [2.24, 2.45) is 0 Å². The minimum absolute atomic E-state index is 0.0743. The van der Waals surface area contributed by atoms with E-state index in [1.54, 1.807) is 25.4 Å². The molecule has 4 rings (SSSR count). The first-order valence-electron chi connectivity index (χ1n) is 9.69. The summed E-state index contributed by atoms with van der Waals surface area (Å²) in [6.07, 6.45) is 3.71. The van der Waals surface area contributed by atoms with E-state index in [9.17, 15) is 9.59 Å². The Hall–Kier alpha value is -3.41. The molecule has 0 saturated heterocycles. The standard InChI is InChI=1S/C23H23N3O3/c1-14-20(23(28)26-19-12-5-6-13-24-19)21(15-8-3-4-11-18(15)29-2)22-16(25-14)9-7-10-17(22)27/h3-6,8,11-13,21,25H,7,9-10H2,1-2H3,(H,24,26,28)/t21-/m0/s1. The predicted octanol–water partition coefficient (Wildman–Crippen LogP) is 3.70. The number of nitrogens with zero attached hydrogens (tertiary/aromatic N) is 1. The molecule has 2 aliphatic rings. The fourth-order valence-electron chi connectivity index (χ4n) is 4.12. The first kappa shape index (κ1) is 18.9. The Labute approximate surface area is 169 Å². The van der Waals surface area contributed by atoms with Gasteiger partial charge >= 0.3 is 0 Å². The number of pyridine rings is 1. The van der Waals surface area contributed by atoms with Gasteiger partial charge in [-0.3, -0.25) is 9.59 Å².